The number of hydrogen-bond acceptors (Lipinski definition) is 3. The number of hydrogen-bond donors (Lipinski definition) is 0. The number of rotatable bonds is 5. The van der Waals surface area contributed by atoms with Crippen molar-refractivity contribution in [2.75, 3.05) is 31.1 Å². The number of nitrogens with zero attached hydrogens (tertiary/aromatic N) is 2. The van der Waals surface area contributed by atoms with Gasteiger partial charge in [0.05, 0.1) is 6.10 Å². The number of piperazine rings is 1. The normalized spacial score (nSPS) is 22.1. The van der Waals surface area contributed by atoms with Crippen molar-refractivity contribution in [1.29, 1.82) is 0 Å². The molecule has 0 atom stereocenters. The summed E-state index contributed by atoms with van der Waals surface area (Å²) in [5, 5.41) is 2.59. The van der Waals surface area contributed by atoms with Crippen LogP contribution in [0.25, 0.3) is 10.8 Å². The van der Waals surface area contributed by atoms with Crippen molar-refractivity contribution in [2.45, 2.75) is 59.1 Å². The largest absolute Gasteiger partial charge is 0.490 e. The molecule has 3 aromatic rings. The Bertz CT molecular complexity index is 1070. The molecule has 1 saturated heterocycles. The van der Waals surface area contributed by atoms with Crippen LogP contribution in [0, 0.1) is 11.3 Å². The fraction of sp³-hybridized carbons (Fsp3) is 0.484. The predicted octanol–water partition coefficient (Wildman–Crippen LogP) is 7.15. The molecule has 2 aliphatic rings. The summed E-state index contributed by atoms with van der Waals surface area (Å²) in [4.78, 5) is 5.07. The first-order chi connectivity index (χ1) is 16.4. The molecule has 3 aromatic carbocycles. The first-order valence-electron chi connectivity index (χ1n) is 13.2. The van der Waals surface area contributed by atoms with Gasteiger partial charge in [-0.15, -0.1) is 0 Å². The Morgan fingerprint density at radius 2 is 1.44 bits per heavy atom. The molecule has 1 aliphatic heterocycles. The van der Waals surface area contributed by atoms with Crippen LogP contribution in [0.3, 0.4) is 0 Å². The highest BCUT2D eigenvalue weighted by Crippen LogP contribution is 2.39. The second-order valence-electron chi connectivity index (χ2n) is 11.4. The summed E-state index contributed by atoms with van der Waals surface area (Å²) in [6.45, 7) is 12.6. The molecule has 0 amide bonds. The molecule has 3 heteroatoms. The summed E-state index contributed by atoms with van der Waals surface area (Å²) in [6, 6.07) is 24.3. The van der Waals surface area contributed by atoms with E-state index in [1.165, 1.54) is 47.7 Å². The lowest BCUT2D eigenvalue weighted by Gasteiger charge is -2.37. The van der Waals surface area contributed by atoms with Gasteiger partial charge >= 0.3 is 0 Å². The molecule has 3 nitrogen and oxygen atoms in total. The molecule has 0 aromatic heterocycles. The topological polar surface area (TPSA) is 15.7 Å². The van der Waals surface area contributed by atoms with Gasteiger partial charge in [-0.25, -0.2) is 0 Å². The minimum absolute atomic E-state index is 0.366. The first kappa shape index (κ1) is 23.2. The maximum Gasteiger partial charge on any atom is 0.120 e. The van der Waals surface area contributed by atoms with Crippen LogP contribution >= 0.6 is 0 Å². The van der Waals surface area contributed by atoms with Gasteiger partial charge in [-0.1, -0.05) is 57.2 Å². The summed E-state index contributed by atoms with van der Waals surface area (Å²) in [5.41, 5.74) is 3.16. The van der Waals surface area contributed by atoms with Crippen LogP contribution in [0.2, 0.25) is 0 Å². The van der Waals surface area contributed by atoms with E-state index in [0.717, 1.165) is 44.4 Å². The first-order valence-corrected chi connectivity index (χ1v) is 13.2. The molecule has 1 saturated carbocycles. The Kier molecular flexibility index (Phi) is 6.83. The molecule has 0 N–H and O–H groups in total. The number of anilines is 1. The quantitative estimate of drug-likeness (QED) is 0.405. The monoisotopic (exact) mass is 456 g/mol. The second-order valence-corrected chi connectivity index (χ2v) is 11.4. The van der Waals surface area contributed by atoms with Crippen molar-refractivity contribution in [1.82, 2.24) is 4.90 Å². The Morgan fingerprint density at radius 1 is 0.765 bits per heavy atom. The highest BCUT2D eigenvalue weighted by Gasteiger charge is 2.30. The van der Waals surface area contributed by atoms with E-state index < -0.39 is 0 Å². The summed E-state index contributed by atoms with van der Waals surface area (Å²) >= 11 is 0. The third kappa shape index (κ3) is 5.58. The molecular weight excluding hydrogens is 416 g/mol. The Balaban J connectivity index is 1.16. The molecule has 0 spiro atoms. The standard InChI is InChI=1S/C31H40N2O/c1-31(2,3)27-12-15-29(16-13-27)34-30-14-11-25-21-24(9-10-26(25)22-30)23-32-17-19-33(20-18-32)28-7-5-4-6-8-28/h4-11,14,21-22,27,29H,12-13,15-20,23H2,1-3H3. The zero-order valence-corrected chi connectivity index (χ0v) is 21.2. The number of benzene rings is 3. The van der Waals surface area contributed by atoms with Crippen LogP contribution in [0.5, 0.6) is 5.75 Å². The lowest BCUT2D eigenvalue weighted by molar-refractivity contribution is 0.0883. The maximum absolute atomic E-state index is 6.41. The Morgan fingerprint density at radius 3 is 2.15 bits per heavy atom. The molecule has 1 aliphatic carbocycles. The van der Waals surface area contributed by atoms with Crippen LogP contribution in [-0.2, 0) is 6.54 Å². The second kappa shape index (κ2) is 10.00. The van der Waals surface area contributed by atoms with E-state index in [1.807, 2.05) is 0 Å². The summed E-state index contributed by atoms with van der Waals surface area (Å²) in [7, 11) is 0. The SMILES string of the molecule is CC(C)(C)C1CCC(Oc2ccc3cc(CN4CCN(c5ccccc5)CC4)ccc3c2)CC1. The highest BCUT2D eigenvalue weighted by molar-refractivity contribution is 5.84. The van der Waals surface area contributed by atoms with Gasteiger partial charge in [0.15, 0.2) is 0 Å². The van der Waals surface area contributed by atoms with Crippen LogP contribution < -0.4 is 9.64 Å². The molecule has 180 valence electrons. The average molecular weight is 457 g/mol. The van der Waals surface area contributed by atoms with Gasteiger partial charge in [0, 0.05) is 38.4 Å². The van der Waals surface area contributed by atoms with Gasteiger partial charge in [-0.3, -0.25) is 4.90 Å². The van der Waals surface area contributed by atoms with Crippen molar-refractivity contribution >= 4 is 16.5 Å². The average Bonchev–Trinajstić information content (AvgIpc) is 2.85. The lowest BCUT2D eigenvalue weighted by Crippen LogP contribution is -2.45. The fourth-order valence-electron chi connectivity index (χ4n) is 5.75. The van der Waals surface area contributed by atoms with Crippen LogP contribution in [0.4, 0.5) is 5.69 Å². The molecule has 0 radical (unpaired) electrons. The summed E-state index contributed by atoms with van der Waals surface area (Å²) in [6.07, 6.45) is 5.28. The fourth-order valence-corrected chi connectivity index (χ4v) is 5.75. The van der Waals surface area contributed by atoms with Gasteiger partial charge in [-0.2, -0.15) is 0 Å². The molecule has 5 rings (SSSR count). The minimum atomic E-state index is 0.366. The van der Waals surface area contributed by atoms with Crippen molar-refractivity contribution in [2.24, 2.45) is 11.3 Å². The van der Waals surface area contributed by atoms with E-state index in [2.05, 4.69) is 97.3 Å². The zero-order valence-electron chi connectivity index (χ0n) is 21.2. The summed E-state index contributed by atoms with van der Waals surface area (Å²) < 4.78 is 6.41. The van der Waals surface area contributed by atoms with Gasteiger partial charge in [0.2, 0.25) is 0 Å². The van der Waals surface area contributed by atoms with Gasteiger partial charge in [0.1, 0.15) is 5.75 Å². The molecule has 34 heavy (non-hydrogen) atoms. The number of para-hydroxylation sites is 1. The predicted molar refractivity (Wildman–Crippen MR) is 144 cm³/mol. The molecule has 1 heterocycles. The van der Waals surface area contributed by atoms with Crippen molar-refractivity contribution < 1.29 is 4.74 Å². The maximum atomic E-state index is 6.41. The Labute approximate surface area is 205 Å². The summed E-state index contributed by atoms with van der Waals surface area (Å²) in [5.74, 6) is 1.85. The third-order valence-corrected chi connectivity index (χ3v) is 7.98. The van der Waals surface area contributed by atoms with Gasteiger partial charge < -0.3 is 9.64 Å². The van der Waals surface area contributed by atoms with Crippen molar-refractivity contribution in [3.63, 3.8) is 0 Å². The van der Waals surface area contributed by atoms with E-state index in [0.29, 0.717) is 11.5 Å². The highest BCUT2D eigenvalue weighted by atomic mass is 16.5. The van der Waals surface area contributed by atoms with E-state index in [4.69, 9.17) is 4.74 Å². The lowest BCUT2D eigenvalue weighted by atomic mass is 9.72. The van der Waals surface area contributed by atoms with Crippen molar-refractivity contribution in [3.05, 3.63) is 72.3 Å². The number of fused-ring (bicyclic) bond motifs is 1. The molecule has 2 fully saturated rings. The van der Waals surface area contributed by atoms with E-state index >= 15 is 0 Å². The minimum Gasteiger partial charge on any atom is -0.490 e. The molecular formula is C31H40N2O. The van der Waals surface area contributed by atoms with Gasteiger partial charge in [-0.05, 0) is 83.7 Å². The molecule has 0 unspecified atom stereocenters. The van der Waals surface area contributed by atoms with Crippen molar-refractivity contribution in [3.8, 4) is 5.75 Å². The van der Waals surface area contributed by atoms with Crippen LogP contribution in [0.15, 0.2) is 66.7 Å². The Hall–Kier alpha value is -2.52. The van der Waals surface area contributed by atoms with Crippen LogP contribution in [0.1, 0.15) is 52.0 Å². The third-order valence-electron chi connectivity index (χ3n) is 7.98. The van der Waals surface area contributed by atoms with E-state index in [9.17, 15) is 0 Å². The smallest absolute Gasteiger partial charge is 0.120 e. The van der Waals surface area contributed by atoms with Gasteiger partial charge in [0.25, 0.3) is 0 Å². The zero-order chi connectivity index (χ0) is 23.5. The molecule has 0 bridgehead atoms. The van der Waals surface area contributed by atoms with Crippen LogP contribution in [-0.4, -0.2) is 37.2 Å². The van der Waals surface area contributed by atoms with E-state index in [-0.39, 0.29) is 0 Å². The number of ether oxygens (including phenoxy) is 1. The van der Waals surface area contributed by atoms with E-state index in [1.54, 1.807) is 0 Å².